The van der Waals surface area contributed by atoms with Gasteiger partial charge in [-0.05, 0) is 70.0 Å². The number of para-hydroxylation sites is 1. The number of Topliss-reactive ketones (excluding diaryl/α,β-unsaturated/α-hetero) is 1. The topological polar surface area (TPSA) is 681 Å². The van der Waals surface area contributed by atoms with E-state index in [1.807, 2.05) is 22.8 Å². The molecule has 42 nitrogen and oxygen atoms in total. The van der Waals surface area contributed by atoms with Crippen LogP contribution >= 0.6 is 0 Å². The van der Waals surface area contributed by atoms with Gasteiger partial charge >= 0.3 is 17.9 Å². The number of primary amides is 1. The first-order valence-electron chi connectivity index (χ1n) is 33.2. The van der Waals surface area contributed by atoms with Gasteiger partial charge in [-0.25, -0.2) is 4.79 Å². The number of anilines is 1. The van der Waals surface area contributed by atoms with Crippen LogP contribution in [0.15, 0.2) is 60.3 Å². The van der Waals surface area contributed by atoms with Gasteiger partial charge in [-0.15, -0.1) is 0 Å². The standard InChI is InChI=1S/C64H89N17O25/c1-4-47(86)73-39(20-31-25-68-35-13-8-6-10-32(31)35)59(100)78-40(22-46(67)85)60(101)79-42(24-52(93)94)61(102)81-53-30(3)106-64(105)43(21-45(84)33-11-5-7-12-34(33)66)80-58(99)37(15-16-50(89)90)75-62(103)44(28-83)74-49(88)26-69-55(96)41(23-51(91)92)77-54(95)29(2)71-56(97)38(17-19-82)76-57(98)36(14-9-18-65)72-48(87)27-70-63(53)104/h5-8,10-13,19,25,29-30,32,35-44,51,53,68,83,91-92H,4,9,14-18,20-24,26-28,65-66H2,1-3H3,(H2,67,85)(H,69,96)(H,70,104)(H,71,97)(H,72,87)(H,73,86)(H,74,88)(H,75,103)(H,76,98)(H,77,95)(H,78,100)(H,79,101)(H,80,99)(H,81,102)(H,89,90)(H,93,94). The zero-order valence-electron chi connectivity index (χ0n) is 57.7. The molecule has 42 heteroatoms. The van der Waals surface area contributed by atoms with Crippen LogP contribution in [0, 0.1) is 5.92 Å². The van der Waals surface area contributed by atoms with Crippen LogP contribution in [-0.4, -0.2) is 249 Å². The van der Waals surface area contributed by atoms with Crippen molar-refractivity contribution in [2.45, 2.75) is 176 Å². The molecule has 4 rings (SSSR count). The summed E-state index contributed by atoms with van der Waals surface area (Å²) in [6.45, 7) is -0.288. The van der Waals surface area contributed by atoms with E-state index < -0.39 is 250 Å². The van der Waals surface area contributed by atoms with Gasteiger partial charge in [0.2, 0.25) is 82.7 Å². The maximum absolute atomic E-state index is 14.7. The van der Waals surface area contributed by atoms with E-state index in [-0.39, 0.29) is 61.7 Å². The first-order valence-corrected chi connectivity index (χ1v) is 33.2. The summed E-state index contributed by atoms with van der Waals surface area (Å²) in [6, 6.07) is -16.7. The highest BCUT2D eigenvalue weighted by Gasteiger charge is 2.41. The van der Waals surface area contributed by atoms with E-state index in [0.717, 1.165) is 13.8 Å². The van der Waals surface area contributed by atoms with Gasteiger partial charge in [0.15, 0.2) is 12.1 Å². The van der Waals surface area contributed by atoms with Crippen LogP contribution in [0.3, 0.4) is 0 Å². The van der Waals surface area contributed by atoms with Crippen molar-refractivity contribution in [3.63, 3.8) is 0 Å². The molecule has 1 aliphatic carbocycles. The summed E-state index contributed by atoms with van der Waals surface area (Å²) in [4.78, 5) is 257. The average Bonchev–Trinajstić information content (AvgIpc) is 1.74. The minimum atomic E-state index is -2.41. The second-order valence-electron chi connectivity index (χ2n) is 24.4. The summed E-state index contributed by atoms with van der Waals surface area (Å²) in [5.41, 5.74) is 17.4. The van der Waals surface area contributed by atoms with Crippen LogP contribution in [0.5, 0.6) is 0 Å². The molecule has 0 bridgehead atoms. The number of allylic oxidation sites excluding steroid dienone is 2. The highest BCUT2D eigenvalue weighted by atomic mass is 16.5. The number of carbonyl (C=O) groups is 19. The van der Waals surface area contributed by atoms with Crippen molar-refractivity contribution in [3.05, 3.63) is 65.9 Å². The summed E-state index contributed by atoms with van der Waals surface area (Å²) >= 11 is 0. The number of aliphatic carboxylic acids is 2. The fraction of sp³-hybridized carbons (Fsp3) is 0.516. The lowest BCUT2D eigenvalue weighted by molar-refractivity contribution is -0.156. The average molecular weight is 1500 g/mol. The SMILES string of the molecule is CCC(=O)NC(CC1=CNC2C=CC=CC12)C(=O)NC(CC(N)=O)C(=O)NC(CC(=O)O)C(=O)NC1C(=O)NCC(=O)NC(CCCN)C(=O)NC(CC=O)C(=O)NC(C)C(=O)NC(CC(O)O)C(=O)NCC(=O)NC(CO)C(=O)NC(CCC(=O)O)C(=O)NC(CC(=O)c2ccccc2N)C(=O)OC1C. The number of nitrogens with two attached hydrogens (primary N) is 3. The maximum atomic E-state index is 14.7. The van der Waals surface area contributed by atoms with Crippen molar-refractivity contribution in [1.29, 1.82) is 0 Å². The van der Waals surface area contributed by atoms with Crippen LogP contribution in [-0.2, 0) is 91.0 Å². The molecule has 1 aromatic rings. The smallest absolute Gasteiger partial charge is 0.329 e. The van der Waals surface area contributed by atoms with Crippen LogP contribution < -0.4 is 91.6 Å². The molecule has 0 aromatic heterocycles. The Labute approximate surface area is 603 Å². The first kappa shape index (κ1) is 86.6. The van der Waals surface area contributed by atoms with Gasteiger partial charge in [-0.1, -0.05) is 43.4 Å². The van der Waals surface area contributed by atoms with E-state index in [1.165, 1.54) is 31.2 Å². The number of amides is 14. The van der Waals surface area contributed by atoms with E-state index in [0.29, 0.717) is 5.57 Å². The molecule has 2 aliphatic heterocycles. The largest absolute Gasteiger partial charge is 0.481 e. The lowest BCUT2D eigenvalue weighted by Crippen LogP contribution is -2.61. The van der Waals surface area contributed by atoms with E-state index in [1.54, 1.807) is 18.4 Å². The number of hydrogen-bond donors (Lipinski definition) is 22. The number of benzene rings is 1. The number of hydrogen-bond acceptors (Lipinski definition) is 26. The number of aldehydes is 1. The summed E-state index contributed by atoms with van der Waals surface area (Å²) in [5, 5.41) is 81.0. The summed E-state index contributed by atoms with van der Waals surface area (Å²) < 4.78 is 5.63. The number of aliphatic hydroxyl groups is 3. The number of ether oxygens (including phenoxy) is 1. The molecule has 1 aromatic carbocycles. The Morgan fingerprint density at radius 3 is 1.81 bits per heavy atom. The molecule has 14 amide bonds. The van der Waals surface area contributed by atoms with Crippen LogP contribution in [0.2, 0.25) is 0 Å². The van der Waals surface area contributed by atoms with E-state index >= 15 is 0 Å². The fourth-order valence-electron chi connectivity index (χ4n) is 10.6. The molecule has 106 heavy (non-hydrogen) atoms. The molecule has 0 saturated carbocycles. The van der Waals surface area contributed by atoms with Crippen LogP contribution in [0.1, 0.15) is 102 Å². The Morgan fingerprint density at radius 2 is 1.22 bits per heavy atom. The van der Waals surface area contributed by atoms with Crippen LogP contribution in [0.25, 0.3) is 0 Å². The Morgan fingerprint density at radius 1 is 0.651 bits per heavy atom. The minimum absolute atomic E-state index is 0.0351. The number of aliphatic hydroxyl groups excluding tert-OH is 2. The molecule has 1 fully saturated rings. The highest BCUT2D eigenvalue weighted by Crippen LogP contribution is 2.30. The molecule has 14 atom stereocenters. The number of fused-ring (bicyclic) bond motifs is 1. The lowest BCUT2D eigenvalue weighted by Gasteiger charge is -2.29. The third-order valence-electron chi connectivity index (χ3n) is 16.2. The monoisotopic (exact) mass is 1500 g/mol. The molecule has 14 unspecified atom stereocenters. The second-order valence-corrected chi connectivity index (χ2v) is 24.4. The molecular weight excluding hydrogens is 1410 g/mol. The molecule has 1 saturated heterocycles. The number of carbonyl (C=O) groups excluding carboxylic acids is 17. The van der Waals surface area contributed by atoms with E-state index in [2.05, 4.69) is 63.8 Å². The Hall–Kier alpha value is -11.8. The zero-order valence-corrected chi connectivity index (χ0v) is 57.7. The number of nitrogen functional groups attached to an aromatic ring is 1. The molecule has 3 aliphatic rings. The number of carboxylic acid groups (broad SMARTS) is 2. The van der Waals surface area contributed by atoms with Crippen LogP contribution in [0.4, 0.5) is 5.69 Å². The highest BCUT2D eigenvalue weighted by molar-refractivity contribution is 6.05. The molecule has 580 valence electrons. The fourth-order valence-corrected chi connectivity index (χ4v) is 10.6. The molecule has 2 heterocycles. The Balaban J connectivity index is 1.85. The van der Waals surface area contributed by atoms with Gasteiger partial charge < -0.3 is 127 Å². The van der Waals surface area contributed by atoms with E-state index in [4.69, 9.17) is 21.9 Å². The quantitative estimate of drug-likeness (QED) is 0.0122. The van der Waals surface area contributed by atoms with Gasteiger partial charge in [0.25, 0.3) is 0 Å². The van der Waals surface area contributed by atoms with Gasteiger partial charge in [-0.2, -0.15) is 0 Å². The van der Waals surface area contributed by atoms with Gasteiger partial charge in [0.05, 0.1) is 38.6 Å². The first-order chi connectivity index (χ1) is 50.1. The van der Waals surface area contributed by atoms with Gasteiger partial charge in [-0.3, -0.25) is 81.5 Å². The van der Waals surface area contributed by atoms with E-state index in [9.17, 15) is 117 Å². The number of rotatable bonds is 28. The summed E-state index contributed by atoms with van der Waals surface area (Å²) in [5.74, 6) is -24.3. The molecule has 0 spiro atoms. The predicted octanol–water partition coefficient (Wildman–Crippen LogP) is -9.99. The second kappa shape index (κ2) is 42.7. The lowest BCUT2D eigenvalue weighted by atomic mass is 9.88. The van der Waals surface area contributed by atoms with Crippen molar-refractivity contribution >= 4 is 118 Å². The summed E-state index contributed by atoms with van der Waals surface area (Å²) in [7, 11) is 0. The molecular formula is C64H89N17O25. The molecule has 25 N–H and O–H groups in total. The Bertz CT molecular complexity index is 3570. The number of ketones is 1. The minimum Gasteiger partial charge on any atom is -0.481 e. The van der Waals surface area contributed by atoms with Gasteiger partial charge in [0, 0.05) is 49.3 Å². The maximum Gasteiger partial charge on any atom is 0.329 e. The van der Waals surface area contributed by atoms with Crippen molar-refractivity contribution < 1.29 is 121 Å². The molecule has 0 radical (unpaired) electrons. The number of carboxylic acids is 2. The van der Waals surface area contributed by atoms with Gasteiger partial charge in [0.1, 0.15) is 78.9 Å². The van der Waals surface area contributed by atoms with Crippen molar-refractivity contribution in [3.8, 4) is 0 Å². The predicted molar refractivity (Wildman–Crippen MR) is 362 cm³/mol. The summed E-state index contributed by atoms with van der Waals surface area (Å²) in [6.07, 6.45) is -3.14. The Kier molecular flexibility index (Phi) is 34.9. The van der Waals surface area contributed by atoms with Crippen molar-refractivity contribution in [2.75, 3.05) is 32.0 Å². The normalized spacial score (nSPS) is 24.1. The third-order valence-corrected chi connectivity index (χ3v) is 16.2. The van der Waals surface area contributed by atoms with Crippen molar-refractivity contribution in [1.82, 2.24) is 74.4 Å². The van der Waals surface area contributed by atoms with Crippen molar-refractivity contribution in [2.24, 2.45) is 17.4 Å². The zero-order chi connectivity index (χ0) is 79.1. The number of esters is 1. The number of cyclic esters (lactones) is 1. The number of nitrogens with one attached hydrogen (secondary N) is 14. The third kappa shape index (κ3) is 28.1.